The summed E-state index contributed by atoms with van der Waals surface area (Å²) in [5.41, 5.74) is 16.0. The van der Waals surface area contributed by atoms with Crippen LogP contribution in [-0.2, 0) is 22.6 Å². The Morgan fingerprint density at radius 1 is 1.11 bits per heavy atom. The number of aliphatic hydroxyl groups excluding tert-OH is 1. The van der Waals surface area contributed by atoms with E-state index in [-0.39, 0.29) is 32.0 Å². The molecular weight excluding hydrogens is 592 g/mol. The number of hydrogen-bond donors (Lipinski definition) is 3. The highest BCUT2D eigenvalue weighted by Gasteiger charge is 2.53. The highest BCUT2D eigenvalue weighted by molar-refractivity contribution is 6.01. The van der Waals surface area contributed by atoms with Crippen molar-refractivity contribution in [3.05, 3.63) is 106 Å². The molecule has 0 fully saturated rings. The molecular formula is C33H38N6O7. The molecule has 3 aromatic carbocycles. The van der Waals surface area contributed by atoms with Gasteiger partial charge in [-0.3, -0.25) is 10.2 Å². The van der Waals surface area contributed by atoms with E-state index in [1.807, 2.05) is 24.3 Å². The van der Waals surface area contributed by atoms with E-state index < -0.39 is 17.6 Å². The first-order chi connectivity index (χ1) is 22.4. The Balaban J connectivity index is 1.69. The van der Waals surface area contributed by atoms with E-state index in [1.165, 1.54) is 14.2 Å². The lowest BCUT2D eigenvalue weighted by Crippen LogP contribution is -2.52. The zero-order valence-electron chi connectivity index (χ0n) is 26.1. The van der Waals surface area contributed by atoms with Gasteiger partial charge in [0.15, 0.2) is 11.6 Å². The quantitative estimate of drug-likeness (QED) is 0.0471. The number of azide groups is 1. The SMILES string of the molecule is C=CC[C@]1(C(=O)NNCc2c(OC)cc(OC)cc2OC)N=C(c2ccc(OCCCO)cc2)O[C@H]1c1ccccc1CN=[N+]=[N-]. The lowest BCUT2D eigenvalue weighted by molar-refractivity contribution is -0.130. The summed E-state index contributed by atoms with van der Waals surface area (Å²) in [6, 6.07) is 17.9. The van der Waals surface area contributed by atoms with E-state index in [0.717, 1.165) is 0 Å². The molecule has 13 nitrogen and oxygen atoms in total. The molecule has 3 N–H and O–H groups in total. The minimum Gasteiger partial charge on any atom is -0.496 e. The van der Waals surface area contributed by atoms with Gasteiger partial charge in [0.25, 0.3) is 5.91 Å². The number of hydrogen-bond acceptors (Lipinski definition) is 10. The first-order valence-corrected chi connectivity index (χ1v) is 14.6. The predicted octanol–water partition coefficient (Wildman–Crippen LogP) is 4.94. The van der Waals surface area contributed by atoms with E-state index in [9.17, 15) is 4.79 Å². The molecule has 0 radical (unpaired) electrons. The minimum absolute atomic E-state index is 0.0365. The van der Waals surface area contributed by atoms with Gasteiger partial charge in [-0.25, -0.2) is 10.4 Å². The third-order valence-electron chi connectivity index (χ3n) is 7.41. The van der Waals surface area contributed by atoms with Gasteiger partial charge < -0.3 is 28.8 Å². The van der Waals surface area contributed by atoms with Crippen LogP contribution in [0.4, 0.5) is 0 Å². The number of amides is 1. The van der Waals surface area contributed by atoms with Crippen LogP contribution in [-0.4, -0.2) is 57.0 Å². The first kappa shape index (κ1) is 33.7. The molecule has 1 heterocycles. The molecule has 0 saturated heterocycles. The number of nitrogens with zero attached hydrogens (tertiary/aromatic N) is 4. The number of aliphatic imine (C=N–C) groups is 1. The van der Waals surface area contributed by atoms with E-state index >= 15 is 0 Å². The molecule has 242 valence electrons. The summed E-state index contributed by atoms with van der Waals surface area (Å²) in [5.74, 6) is 1.98. The fourth-order valence-corrected chi connectivity index (χ4v) is 5.13. The second-order valence-corrected chi connectivity index (χ2v) is 10.2. The molecule has 0 spiro atoms. The number of benzene rings is 3. The summed E-state index contributed by atoms with van der Waals surface area (Å²) >= 11 is 0. The van der Waals surface area contributed by atoms with Crippen molar-refractivity contribution >= 4 is 11.8 Å². The topological polar surface area (TPSA) is 169 Å². The molecule has 0 saturated carbocycles. The van der Waals surface area contributed by atoms with Crippen molar-refractivity contribution in [2.24, 2.45) is 10.1 Å². The van der Waals surface area contributed by atoms with E-state index in [2.05, 4.69) is 27.5 Å². The normalized spacial score (nSPS) is 16.8. The highest BCUT2D eigenvalue weighted by Crippen LogP contribution is 2.44. The van der Waals surface area contributed by atoms with Crippen LogP contribution in [0.1, 0.15) is 41.2 Å². The zero-order valence-corrected chi connectivity index (χ0v) is 26.1. The van der Waals surface area contributed by atoms with Gasteiger partial charge in [0.05, 0.1) is 40.0 Å². The maximum atomic E-state index is 14.2. The van der Waals surface area contributed by atoms with Crippen LogP contribution in [0.5, 0.6) is 23.0 Å². The van der Waals surface area contributed by atoms with Crippen molar-refractivity contribution in [1.29, 1.82) is 0 Å². The Hall–Kier alpha value is -5.23. The van der Waals surface area contributed by atoms with Crippen molar-refractivity contribution in [1.82, 2.24) is 10.9 Å². The van der Waals surface area contributed by atoms with Gasteiger partial charge in [-0.2, -0.15) is 0 Å². The molecule has 46 heavy (non-hydrogen) atoms. The fraction of sp³-hybridized carbons (Fsp3) is 0.333. The molecule has 0 aliphatic carbocycles. The lowest BCUT2D eigenvalue weighted by atomic mass is 9.83. The van der Waals surface area contributed by atoms with Crippen LogP contribution in [0.3, 0.4) is 0 Å². The van der Waals surface area contributed by atoms with Crippen molar-refractivity contribution in [2.75, 3.05) is 34.5 Å². The van der Waals surface area contributed by atoms with Crippen molar-refractivity contribution in [3.8, 4) is 23.0 Å². The smallest absolute Gasteiger partial charge is 0.266 e. The predicted molar refractivity (Wildman–Crippen MR) is 172 cm³/mol. The molecule has 1 amide bonds. The number of aliphatic hydroxyl groups is 1. The average molecular weight is 631 g/mol. The summed E-state index contributed by atoms with van der Waals surface area (Å²) in [4.78, 5) is 22.0. The number of nitrogens with one attached hydrogen (secondary N) is 2. The number of rotatable bonds is 17. The Bertz CT molecular complexity index is 1560. The van der Waals surface area contributed by atoms with Crippen LogP contribution in [0, 0.1) is 0 Å². The zero-order chi connectivity index (χ0) is 32.9. The summed E-state index contributed by atoms with van der Waals surface area (Å²) in [7, 11) is 4.62. The number of ether oxygens (including phenoxy) is 5. The summed E-state index contributed by atoms with van der Waals surface area (Å²) < 4.78 is 28.6. The first-order valence-electron chi connectivity index (χ1n) is 14.6. The molecule has 1 aliphatic rings. The van der Waals surface area contributed by atoms with E-state index in [0.29, 0.717) is 58.3 Å². The molecule has 13 heteroatoms. The van der Waals surface area contributed by atoms with Crippen LogP contribution >= 0.6 is 0 Å². The average Bonchev–Trinajstić information content (AvgIpc) is 3.48. The van der Waals surface area contributed by atoms with Crippen LogP contribution < -0.4 is 29.8 Å². The van der Waals surface area contributed by atoms with Crippen LogP contribution in [0.2, 0.25) is 0 Å². The Morgan fingerprint density at radius 2 is 1.83 bits per heavy atom. The van der Waals surface area contributed by atoms with E-state index in [4.69, 9.17) is 39.3 Å². The van der Waals surface area contributed by atoms with Crippen LogP contribution in [0.15, 0.2) is 83.4 Å². The third kappa shape index (κ3) is 7.52. The van der Waals surface area contributed by atoms with Gasteiger partial charge in [-0.05, 0) is 40.9 Å². The molecule has 0 bridgehead atoms. The number of hydrazine groups is 1. The van der Waals surface area contributed by atoms with Crippen molar-refractivity contribution in [3.63, 3.8) is 0 Å². The standard InChI is InChI=1S/C33H38N6O7/c1-5-15-33(32(41)38-35-21-27-28(43-3)18-25(42-2)19-29(27)44-4)30(26-10-7-6-9-23(26)20-36-39-34)46-31(37-33)22-11-13-24(14-12-22)45-17-8-16-40/h5-7,9-14,18-19,30,35,40H,1,8,15-17,20-21H2,2-4H3,(H,38,41)/t30-,33-/m0/s1. The van der Waals surface area contributed by atoms with Gasteiger partial charge in [-0.1, -0.05) is 35.5 Å². The second-order valence-electron chi connectivity index (χ2n) is 10.2. The second kappa shape index (κ2) is 16.2. The number of carbonyl (C=O) groups is 1. The maximum absolute atomic E-state index is 14.2. The van der Waals surface area contributed by atoms with Crippen molar-refractivity contribution in [2.45, 2.75) is 37.6 Å². The Kier molecular flexibility index (Phi) is 11.8. The summed E-state index contributed by atoms with van der Waals surface area (Å²) in [5, 5.41) is 12.8. The monoisotopic (exact) mass is 630 g/mol. The highest BCUT2D eigenvalue weighted by atomic mass is 16.5. The summed E-state index contributed by atoms with van der Waals surface area (Å²) in [6.07, 6.45) is 1.37. The van der Waals surface area contributed by atoms with Gasteiger partial charge in [0.2, 0.25) is 5.90 Å². The fourth-order valence-electron chi connectivity index (χ4n) is 5.13. The van der Waals surface area contributed by atoms with Gasteiger partial charge in [0, 0.05) is 48.6 Å². The Labute approximate surface area is 267 Å². The molecule has 0 aromatic heterocycles. The third-order valence-corrected chi connectivity index (χ3v) is 7.41. The number of carbonyl (C=O) groups excluding carboxylic acids is 1. The van der Waals surface area contributed by atoms with Gasteiger partial charge in [0.1, 0.15) is 23.0 Å². The van der Waals surface area contributed by atoms with Crippen LogP contribution in [0.25, 0.3) is 10.4 Å². The lowest BCUT2D eigenvalue weighted by Gasteiger charge is -2.30. The molecule has 3 aromatic rings. The van der Waals surface area contributed by atoms with E-state index in [1.54, 1.807) is 49.6 Å². The van der Waals surface area contributed by atoms with Crippen molar-refractivity contribution < 1.29 is 33.6 Å². The molecule has 0 unspecified atom stereocenters. The Morgan fingerprint density at radius 3 is 2.46 bits per heavy atom. The van der Waals surface area contributed by atoms with Gasteiger partial charge in [-0.15, -0.1) is 6.58 Å². The maximum Gasteiger partial charge on any atom is 0.266 e. The molecule has 1 aliphatic heterocycles. The minimum atomic E-state index is -1.49. The number of methoxy groups -OCH3 is 3. The summed E-state index contributed by atoms with van der Waals surface area (Å²) in [6.45, 7) is 4.54. The molecule has 2 atom stereocenters. The largest absolute Gasteiger partial charge is 0.496 e. The van der Waals surface area contributed by atoms with Gasteiger partial charge >= 0.3 is 0 Å². The molecule has 4 rings (SSSR count).